The third-order valence-corrected chi connectivity index (χ3v) is 4.76. The molecule has 0 spiro atoms. The highest BCUT2D eigenvalue weighted by molar-refractivity contribution is 5.97. The highest BCUT2D eigenvalue weighted by Crippen LogP contribution is 2.23. The van der Waals surface area contributed by atoms with Gasteiger partial charge in [-0.15, -0.1) is 5.10 Å². The Morgan fingerprint density at radius 2 is 1.65 bits per heavy atom. The van der Waals surface area contributed by atoms with Crippen molar-refractivity contribution in [3.63, 3.8) is 0 Å². The number of hydrogen-bond donors (Lipinski definition) is 1. The lowest BCUT2D eigenvalue weighted by atomic mass is 10.2. The molecule has 31 heavy (non-hydrogen) atoms. The van der Waals surface area contributed by atoms with E-state index in [0.29, 0.717) is 29.6 Å². The van der Waals surface area contributed by atoms with Gasteiger partial charge in [-0.3, -0.25) is 4.79 Å². The van der Waals surface area contributed by atoms with Gasteiger partial charge < -0.3 is 14.8 Å². The predicted octanol–water partition coefficient (Wildman–Crippen LogP) is 4.26. The molecule has 0 fully saturated rings. The molecule has 0 bridgehead atoms. The van der Waals surface area contributed by atoms with Crippen LogP contribution in [0.5, 0.6) is 11.5 Å². The average molecular weight is 414 g/mol. The van der Waals surface area contributed by atoms with Crippen molar-refractivity contribution in [2.75, 3.05) is 19.5 Å². The van der Waals surface area contributed by atoms with Gasteiger partial charge in [0, 0.05) is 17.7 Å². The zero-order chi connectivity index (χ0) is 21.6. The van der Waals surface area contributed by atoms with Crippen LogP contribution in [-0.2, 0) is 6.54 Å². The van der Waals surface area contributed by atoms with Gasteiger partial charge in [-0.05, 0) is 48.0 Å². The standard InChI is InChI=1S/C24H22N4O3/c1-30-20-13-11-18(12-14-20)22-26-24(25-16-17-7-4-3-5-8-17)28(27-22)23(29)19-9-6-10-21(15-19)31-2/h3-15H,16H2,1-2H3,(H,25,26,27). The number of methoxy groups -OCH3 is 2. The van der Waals surface area contributed by atoms with Crippen LogP contribution >= 0.6 is 0 Å². The Hall–Kier alpha value is -4.13. The normalized spacial score (nSPS) is 10.5. The van der Waals surface area contributed by atoms with E-state index in [1.54, 1.807) is 38.5 Å². The lowest BCUT2D eigenvalue weighted by molar-refractivity contribution is 0.0947. The molecule has 0 saturated carbocycles. The summed E-state index contributed by atoms with van der Waals surface area (Å²) in [7, 11) is 3.17. The molecule has 4 rings (SSSR count). The van der Waals surface area contributed by atoms with Crippen LogP contribution in [0.2, 0.25) is 0 Å². The Labute approximate surface area is 180 Å². The van der Waals surface area contributed by atoms with Crippen molar-refractivity contribution in [2.24, 2.45) is 0 Å². The molecule has 0 aliphatic rings. The summed E-state index contributed by atoms with van der Waals surface area (Å²) in [5, 5.41) is 7.73. The molecule has 156 valence electrons. The fourth-order valence-corrected chi connectivity index (χ4v) is 3.09. The number of rotatable bonds is 7. The van der Waals surface area contributed by atoms with Gasteiger partial charge in [0.15, 0.2) is 5.82 Å². The lowest BCUT2D eigenvalue weighted by Gasteiger charge is -2.08. The molecule has 0 atom stereocenters. The fourth-order valence-electron chi connectivity index (χ4n) is 3.09. The van der Waals surface area contributed by atoms with Crippen molar-refractivity contribution in [3.8, 4) is 22.9 Å². The number of nitrogens with one attached hydrogen (secondary N) is 1. The van der Waals surface area contributed by atoms with E-state index < -0.39 is 0 Å². The Bertz CT molecular complexity index is 1170. The van der Waals surface area contributed by atoms with Crippen molar-refractivity contribution in [2.45, 2.75) is 6.54 Å². The predicted molar refractivity (Wildman–Crippen MR) is 119 cm³/mol. The Morgan fingerprint density at radius 1 is 0.903 bits per heavy atom. The average Bonchev–Trinajstić information content (AvgIpc) is 3.27. The van der Waals surface area contributed by atoms with E-state index in [9.17, 15) is 4.79 Å². The topological polar surface area (TPSA) is 78.3 Å². The Balaban J connectivity index is 1.69. The number of anilines is 1. The first-order valence-corrected chi connectivity index (χ1v) is 9.76. The van der Waals surface area contributed by atoms with Crippen LogP contribution in [0, 0.1) is 0 Å². The van der Waals surface area contributed by atoms with Gasteiger partial charge >= 0.3 is 0 Å². The maximum absolute atomic E-state index is 13.2. The summed E-state index contributed by atoms with van der Waals surface area (Å²) in [5.41, 5.74) is 2.30. The third-order valence-electron chi connectivity index (χ3n) is 4.76. The van der Waals surface area contributed by atoms with Crippen molar-refractivity contribution >= 4 is 11.9 Å². The van der Waals surface area contributed by atoms with Crippen LogP contribution in [0.3, 0.4) is 0 Å². The summed E-state index contributed by atoms with van der Waals surface area (Å²) < 4.78 is 11.8. The molecule has 7 heteroatoms. The van der Waals surface area contributed by atoms with Gasteiger partial charge in [0.05, 0.1) is 14.2 Å². The van der Waals surface area contributed by atoms with E-state index in [4.69, 9.17) is 9.47 Å². The van der Waals surface area contributed by atoms with Crippen molar-refractivity contribution in [3.05, 3.63) is 90.0 Å². The summed E-state index contributed by atoms with van der Waals surface area (Å²) in [6.45, 7) is 0.507. The summed E-state index contributed by atoms with van der Waals surface area (Å²) in [5.74, 6) is 1.83. The van der Waals surface area contributed by atoms with Gasteiger partial charge in [-0.2, -0.15) is 9.67 Å². The molecule has 1 aromatic heterocycles. The molecule has 0 saturated heterocycles. The smallest absolute Gasteiger partial charge is 0.281 e. The van der Waals surface area contributed by atoms with E-state index in [1.165, 1.54) is 4.68 Å². The van der Waals surface area contributed by atoms with Crippen molar-refractivity contribution in [1.82, 2.24) is 14.8 Å². The second-order valence-electron chi connectivity index (χ2n) is 6.78. The number of hydrogen-bond acceptors (Lipinski definition) is 6. The van der Waals surface area contributed by atoms with E-state index in [0.717, 1.165) is 16.9 Å². The molecule has 1 heterocycles. The molecule has 7 nitrogen and oxygen atoms in total. The van der Waals surface area contributed by atoms with E-state index in [2.05, 4.69) is 15.4 Å². The molecule has 3 aromatic carbocycles. The molecule has 0 aliphatic carbocycles. The van der Waals surface area contributed by atoms with Gasteiger partial charge in [0.25, 0.3) is 5.91 Å². The number of benzene rings is 3. The summed E-state index contributed by atoms with van der Waals surface area (Å²) in [6.07, 6.45) is 0. The molecule has 0 radical (unpaired) electrons. The SMILES string of the molecule is COc1ccc(-c2nc(NCc3ccccc3)n(C(=O)c3cccc(OC)c3)n2)cc1. The monoisotopic (exact) mass is 414 g/mol. The quantitative estimate of drug-likeness (QED) is 0.487. The molecule has 0 unspecified atom stereocenters. The molecule has 0 aliphatic heterocycles. The van der Waals surface area contributed by atoms with Gasteiger partial charge in [-0.25, -0.2) is 0 Å². The zero-order valence-corrected chi connectivity index (χ0v) is 17.3. The number of carbonyl (C=O) groups is 1. The van der Waals surface area contributed by atoms with Crippen LogP contribution in [0.15, 0.2) is 78.9 Å². The highest BCUT2D eigenvalue weighted by atomic mass is 16.5. The van der Waals surface area contributed by atoms with Crippen LogP contribution in [0.4, 0.5) is 5.95 Å². The van der Waals surface area contributed by atoms with Crippen molar-refractivity contribution < 1.29 is 14.3 Å². The third kappa shape index (κ3) is 4.56. The first-order chi connectivity index (χ1) is 15.2. The van der Waals surface area contributed by atoms with Crippen LogP contribution in [0.25, 0.3) is 11.4 Å². The van der Waals surface area contributed by atoms with Crippen LogP contribution in [0.1, 0.15) is 15.9 Å². The maximum Gasteiger partial charge on any atom is 0.281 e. The molecular weight excluding hydrogens is 392 g/mol. The van der Waals surface area contributed by atoms with Gasteiger partial charge in [0.2, 0.25) is 5.95 Å². The molecule has 4 aromatic rings. The lowest BCUT2D eigenvalue weighted by Crippen LogP contribution is -2.17. The summed E-state index contributed by atoms with van der Waals surface area (Å²) in [6, 6.07) is 24.2. The van der Waals surface area contributed by atoms with Crippen LogP contribution in [-0.4, -0.2) is 34.9 Å². The Kier molecular flexibility index (Phi) is 5.93. The van der Waals surface area contributed by atoms with Crippen molar-refractivity contribution in [1.29, 1.82) is 0 Å². The second kappa shape index (κ2) is 9.13. The number of aromatic nitrogens is 3. The number of carbonyl (C=O) groups excluding carboxylic acids is 1. The first-order valence-electron chi connectivity index (χ1n) is 9.76. The number of nitrogens with zero attached hydrogens (tertiary/aromatic N) is 3. The minimum absolute atomic E-state index is 0.304. The highest BCUT2D eigenvalue weighted by Gasteiger charge is 2.19. The zero-order valence-electron chi connectivity index (χ0n) is 17.3. The minimum atomic E-state index is -0.304. The summed E-state index contributed by atoms with van der Waals surface area (Å²) >= 11 is 0. The van der Waals surface area contributed by atoms with E-state index in [1.807, 2.05) is 54.6 Å². The number of ether oxygens (including phenoxy) is 2. The maximum atomic E-state index is 13.2. The summed E-state index contributed by atoms with van der Waals surface area (Å²) in [4.78, 5) is 17.8. The second-order valence-corrected chi connectivity index (χ2v) is 6.78. The Morgan fingerprint density at radius 3 is 2.35 bits per heavy atom. The van der Waals surface area contributed by atoms with Gasteiger partial charge in [0.1, 0.15) is 11.5 Å². The van der Waals surface area contributed by atoms with Crippen LogP contribution < -0.4 is 14.8 Å². The molecule has 0 amide bonds. The minimum Gasteiger partial charge on any atom is -0.497 e. The molecule has 1 N–H and O–H groups in total. The van der Waals surface area contributed by atoms with E-state index in [-0.39, 0.29) is 5.91 Å². The largest absolute Gasteiger partial charge is 0.497 e. The fraction of sp³-hybridized carbons (Fsp3) is 0.125. The molecular formula is C24H22N4O3. The van der Waals surface area contributed by atoms with Gasteiger partial charge in [-0.1, -0.05) is 36.4 Å². The first kappa shape index (κ1) is 20.2. The van der Waals surface area contributed by atoms with E-state index >= 15 is 0 Å².